The maximum atomic E-state index is 13.5. The maximum Gasteiger partial charge on any atom is 0.410 e. The summed E-state index contributed by atoms with van der Waals surface area (Å²) >= 11 is 0. The number of likely N-dealkylation sites (tertiary alicyclic amines) is 1. The molecule has 1 aliphatic rings. The van der Waals surface area contributed by atoms with Crippen LogP contribution in [0.15, 0.2) is 54.7 Å². The second-order valence-corrected chi connectivity index (χ2v) is 10.4. The third kappa shape index (κ3) is 5.96. The molecule has 0 spiro atoms. The van der Waals surface area contributed by atoms with Gasteiger partial charge in [0.1, 0.15) is 5.60 Å². The number of carbonyl (C=O) groups excluding carboxylic acids is 2. The second kappa shape index (κ2) is 10.6. The number of nitrogens with one attached hydrogen (secondary N) is 1. The first-order valence-corrected chi connectivity index (χ1v) is 12.7. The molecule has 7 nitrogen and oxygen atoms in total. The summed E-state index contributed by atoms with van der Waals surface area (Å²) in [7, 11) is 0. The number of nitrogens with zero attached hydrogens (tertiary/aromatic N) is 3. The van der Waals surface area contributed by atoms with Crippen molar-refractivity contribution in [2.24, 2.45) is 0 Å². The van der Waals surface area contributed by atoms with Crippen LogP contribution in [-0.4, -0.2) is 45.4 Å². The molecule has 36 heavy (non-hydrogen) atoms. The highest BCUT2D eigenvalue weighted by atomic mass is 16.6. The van der Waals surface area contributed by atoms with E-state index >= 15 is 0 Å². The third-order valence-electron chi connectivity index (χ3n) is 6.42. The zero-order valence-electron chi connectivity index (χ0n) is 21.9. The molecule has 0 atom stereocenters. The number of benzene rings is 2. The number of ether oxygens (including phenoxy) is 1. The number of hydrogen-bond donors (Lipinski definition) is 1. The Bertz CT molecular complexity index is 1230. The van der Waals surface area contributed by atoms with E-state index < -0.39 is 5.60 Å². The highest BCUT2D eigenvalue weighted by molar-refractivity contribution is 6.05. The molecular weight excluding hydrogens is 452 g/mol. The van der Waals surface area contributed by atoms with E-state index in [-0.39, 0.29) is 17.9 Å². The molecule has 1 N–H and O–H groups in total. The third-order valence-corrected chi connectivity index (χ3v) is 6.42. The van der Waals surface area contributed by atoms with Crippen LogP contribution in [0.1, 0.15) is 73.6 Å². The van der Waals surface area contributed by atoms with Gasteiger partial charge in [0, 0.05) is 24.7 Å². The number of anilines is 1. The molecule has 0 radical (unpaired) electrons. The Morgan fingerprint density at radius 2 is 1.81 bits per heavy atom. The molecule has 2 amide bonds. The van der Waals surface area contributed by atoms with Gasteiger partial charge in [0.25, 0.3) is 5.91 Å². The molecule has 3 aromatic rings. The van der Waals surface area contributed by atoms with Gasteiger partial charge >= 0.3 is 6.09 Å². The van der Waals surface area contributed by atoms with Crippen LogP contribution in [0, 0.1) is 6.92 Å². The topological polar surface area (TPSA) is 76.5 Å². The molecule has 1 fully saturated rings. The number of aromatic nitrogens is 2. The molecule has 0 aliphatic carbocycles. The van der Waals surface area contributed by atoms with Gasteiger partial charge < -0.3 is 15.0 Å². The van der Waals surface area contributed by atoms with Gasteiger partial charge in [0.2, 0.25) is 0 Å². The Labute approximate surface area is 213 Å². The Balaban J connectivity index is 1.62. The van der Waals surface area contributed by atoms with Crippen molar-refractivity contribution in [3.63, 3.8) is 0 Å². The minimum atomic E-state index is -0.530. The molecule has 0 unspecified atom stereocenters. The molecular formula is C29H36N4O3. The lowest BCUT2D eigenvalue weighted by Crippen LogP contribution is -2.41. The van der Waals surface area contributed by atoms with Gasteiger partial charge in [-0.3, -0.25) is 4.79 Å². The van der Waals surface area contributed by atoms with Crippen LogP contribution in [0.2, 0.25) is 0 Å². The number of aryl methyl sites for hydroxylation is 2. The summed E-state index contributed by atoms with van der Waals surface area (Å²) in [4.78, 5) is 27.8. The Kier molecular flexibility index (Phi) is 7.48. The van der Waals surface area contributed by atoms with Crippen molar-refractivity contribution in [3.8, 4) is 5.69 Å². The molecule has 2 heterocycles. The Morgan fingerprint density at radius 1 is 1.08 bits per heavy atom. The number of hydrogen-bond acceptors (Lipinski definition) is 4. The fourth-order valence-electron chi connectivity index (χ4n) is 4.62. The monoisotopic (exact) mass is 488 g/mol. The van der Waals surface area contributed by atoms with Crippen molar-refractivity contribution in [3.05, 3.63) is 77.1 Å². The SMILES string of the molecule is CCc1cccc(NC(=O)c2cnn(-c3cccc(C)c3)c2C2CCN(C(=O)OC(C)(C)C)CC2)c1. The summed E-state index contributed by atoms with van der Waals surface area (Å²) in [6.07, 6.45) is 3.72. The largest absolute Gasteiger partial charge is 0.444 e. The smallest absolute Gasteiger partial charge is 0.410 e. The van der Waals surface area contributed by atoms with Crippen molar-refractivity contribution in [1.29, 1.82) is 0 Å². The summed E-state index contributed by atoms with van der Waals surface area (Å²) in [5, 5.41) is 7.72. The van der Waals surface area contributed by atoms with Crippen LogP contribution in [0.4, 0.5) is 10.5 Å². The highest BCUT2D eigenvalue weighted by Crippen LogP contribution is 2.33. The lowest BCUT2D eigenvalue weighted by molar-refractivity contribution is 0.0203. The predicted molar refractivity (Wildman–Crippen MR) is 142 cm³/mol. The summed E-state index contributed by atoms with van der Waals surface area (Å²) in [5.41, 5.74) is 4.90. The molecule has 0 bridgehead atoms. The number of carbonyl (C=O) groups is 2. The average molecular weight is 489 g/mol. The van der Waals surface area contributed by atoms with Crippen molar-refractivity contribution < 1.29 is 14.3 Å². The van der Waals surface area contributed by atoms with E-state index in [2.05, 4.69) is 29.5 Å². The molecule has 2 aromatic carbocycles. The first-order chi connectivity index (χ1) is 17.1. The number of piperidine rings is 1. The van der Waals surface area contributed by atoms with Crippen LogP contribution in [0.5, 0.6) is 0 Å². The standard InChI is InChI=1S/C29H36N4O3/c1-6-21-10-8-11-23(18-21)31-27(34)25-19-30-33(24-12-7-9-20(2)17-24)26(25)22-13-15-32(16-14-22)28(35)36-29(3,4)5/h7-12,17-19,22H,6,13-16H2,1-5H3,(H,31,34). The zero-order valence-corrected chi connectivity index (χ0v) is 21.9. The van der Waals surface area contributed by atoms with Crippen molar-refractivity contribution in [1.82, 2.24) is 14.7 Å². The molecule has 7 heteroatoms. The van der Waals surface area contributed by atoms with E-state index in [0.717, 1.165) is 47.5 Å². The molecule has 1 saturated heterocycles. The van der Waals surface area contributed by atoms with Gasteiger partial charge in [-0.15, -0.1) is 0 Å². The lowest BCUT2D eigenvalue weighted by Gasteiger charge is -2.34. The van der Waals surface area contributed by atoms with Crippen LogP contribution >= 0.6 is 0 Å². The first kappa shape index (κ1) is 25.5. The summed E-state index contributed by atoms with van der Waals surface area (Å²) in [6, 6.07) is 16.0. The maximum absolute atomic E-state index is 13.5. The molecule has 1 aromatic heterocycles. The summed E-state index contributed by atoms with van der Waals surface area (Å²) < 4.78 is 7.45. The van der Waals surface area contributed by atoms with Gasteiger partial charge in [0.15, 0.2) is 0 Å². The molecule has 0 saturated carbocycles. The molecule has 4 rings (SSSR count). The van der Waals surface area contributed by atoms with Gasteiger partial charge in [-0.2, -0.15) is 5.10 Å². The highest BCUT2D eigenvalue weighted by Gasteiger charge is 2.32. The second-order valence-electron chi connectivity index (χ2n) is 10.4. The van der Waals surface area contributed by atoms with Gasteiger partial charge in [0.05, 0.1) is 23.1 Å². The van der Waals surface area contributed by atoms with Crippen molar-refractivity contribution >= 4 is 17.7 Å². The number of amides is 2. The van der Waals surface area contributed by atoms with Gasteiger partial charge in [-0.25, -0.2) is 9.48 Å². The van der Waals surface area contributed by atoms with Crippen molar-refractivity contribution in [2.45, 2.75) is 65.4 Å². The van der Waals surface area contributed by atoms with E-state index in [4.69, 9.17) is 4.74 Å². The van der Waals surface area contributed by atoms with E-state index in [9.17, 15) is 9.59 Å². The lowest BCUT2D eigenvalue weighted by atomic mass is 9.90. The van der Waals surface area contributed by atoms with Crippen LogP contribution in [-0.2, 0) is 11.2 Å². The Hall–Kier alpha value is -3.61. The van der Waals surface area contributed by atoms with E-state index in [1.54, 1.807) is 11.1 Å². The van der Waals surface area contributed by atoms with Crippen molar-refractivity contribution in [2.75, 3.05) is 18.4 Å². The summed E-state index contributed by atoms with van der Waals surface area (Å²) in [5.74, 6) is -0.0962. The Morgan fingerprint density at radius 3 is 2.47 bits per heavy atom. The average Bonchev–Trinajstić information content (AvgIpc) is 3.29. The molecule has 1 aliphatic heterocycles. The van der Waals surface area contributed by atoms with Crippen LogP contribution < -0.4 is 5.32 Å². The van der Waals surface area contributed by atoms with Gasteiger partial charge in [-0.1, -0.05) is 31.2 Å². The van der Waals surface area contributed by atoms with Crippen LogP contribution in [0.25, 0.3) is 5.69 Å². The van der Waals surface area contributed by atoms with E-state index in [1.807, 2.05) is 68.8 Å². The van der Waals surface area contributed by atoms with E-state index in [0.29, 0.717) is 18.7 Å². The minimum absolute atomic E-state index is 0.0782. The molecule has 190 valence electrons. The quantitative estimate of drug-likeness (QED) is 0.470. The van der Waals surface area contributed by atoms with E-state index in [1.165, 1.54) is 0 Å². The fourth-order valence-corrected chi connectivity index (χ4v) is 4.62. The summed E-state index contributed by atoms with van der Waals surface area (Å²) in [6.45, 7) is 10.9. The van der Waals surface area contributed by atoms with Gasteiger partial charge in [-0.05, 0) is 82.3 Å². The minimum Gasteiger partial charge on any atom is -0.444 e. The normalized spacial score (nSPS) is 14.5. The fraction of sp³-hybridized carbons (Fsp3) is 0.414. The number of rotatable bonds is 5. The first-order valence-electron chi connectivity index (χ1n) is 12.7. The zero-order chi connectivity index (χ0) is 25.9. The predicted octanol–water partition coefficient (Wildman–Crippen LogP) is 6.11. The van der Waals surface area contributed by atoms with Crippen LogP contribution in [0.3, 0.4) is 0 Å².